The predicted octanol–water partition coefficient (Wildman–Crippen LogP) is 1.32. The lowest BCUT2D eigenvalue weighted by Gasteiger charge is -2.36. The molecular formula is C16H20ClN7O2. The second-order valence-corrected chi connectivity index (χ2v) is 6.38. The molecule has 1 atom stereocenters. The minimum Gasteiger partial charge on any atom is -0.368 e. The molecule has 0 aliphatic carbocycles. The smallest absolute Gasteiger partial charge is 0.318 e. The number of hydrogen-bond donors (Lipinski definition) is 3. The molecule has 1 aliphatic rings. The van der Waals surface area contributed by atoms with E-state index >= 15 is 0 Å². The standard InChI is InChI=1S/C16H20ClN7O2/c1-11(14(25)21-15-18-10-19-22-15)20-16(26)24-7-5-23(6-8-24)13-4-2-3-12(17)9-13/h2-4,9-11H,5-8H2,1H3,(H,20,26)(H2,18,19,21,22,25)/t11-/m0/s1. The van der Waals surface area contributed by atoms with Gasteiger partial charge in [0.15, 0.2) is 0 Å². The van der Waals surface area contributed by atoms with E-state index in [4.69, 9.17) is 11.6 Å². The number of urea groups is 1. The Kier molecular flexibility index (Phi) is 5.57. The van der Waals surface area contributed by atoms with Crippen LogP contribution in [0.5, 0.6) is 0 Å². The van der Waals surface area contributed by atoms with Crippen molar-refractivity contribution in [1.29, 1.82) is 0 Å². The third-order valence-electron chi connectivity index (χ3n) is 4.13. The van der Waals surface area contributed by atoms with E-state index in [0.717, 1.165) is 5.69 Å². The minimum atomic E-state index is -0.696. The number of piperazine rings is 1. The number of carbonyl (C=O) groups excluding carboxylic acids is 2. The van der Waals surface area contributed by atoms with Crippen LogP contribution in [0.15, 0.2) is 30.6 Å². The summed E-state index contributed by atoms with van der Waals surface area (Å²) in [6.07, 6.45) is 1.29. The van der Waals surface area contributed by atoms with Crippen LogP contribution in [0.1, 0.15) is 6.92 Å². The summed E-state index contributed by atoms with van der Waals surface area (Å²) in [6.45, 7) is 4.15. The summed E-state index contributed by atoms with van der Waals surface area (Å²) in [4.78, 5) is 32.1. The number of aromatic amines is 1. The second-order valence-electron chi connectivity index (χ2n) is 5.95. The Labute approximate surface area is 155 Å². The highest BCUT2D eigenvalue weighted by Gasteiger charge is 2.24. The summed E-state index contributed by atoms with van der Waals surface area (Å²) in [6, 6.07) is 6.69. The maximum atomic E-state index is 12.4. The number of amides is 3. The summed E-state index contributed by atoms with van der Waals surface area (Å²) in [5.74, 6) is -0.126. The third-order valence-corrected chi connectivity index (χ3v) is 4.37. The number of nitrogens with one attached hydrogen (secondary N) is 3. The number of rotatable bonds is 4. The normalized spacial score (nSPS) is 15.5. The van der Waals surface area contributed by atoms with E-state index in [0.29, 0.717) is 31.2 Å². The molecule has 1 aromatic carbocycles. The zero-order valence-corrected chi connectivity index (χ0v) is 15.0. The van der Waals surface area contributed by atoms with Gasteiger partial charge in [-0.2, -0.15) is 10.1 Å². The van der Waals surface area contributed by atoms with Gasteiger partial charge in [0, 0.05) is 36.9 Å². The van der Waals surface area contributed by atoms with Crippen LogP contribution >= 0.6 is 11.6 Å². The summed E-state index contributed by atoms with van der Waals surface area (Å²) >= 11 is 6.03. The number of benzene rings is 1. The highest BCUT2D eigenvalue weighted by Crippen LogP contribution is 2.20. The van der Waals surface area contributed by atoms with Gasteiger partial charge in [-0.05, 0) is 25.1 Å². The van der Waals surface area contributed by atoms with Crippen molar-refractivity contribution in [2.45, 2.75) is 13.0 Å². The van der Waals surface area contributed by atoms with E-state index in [1.54, 1.807) is 11.8 Å². The molecular weight excluding hydrogens is 358 g/mol. The fourth-order valence-electron chi connectivity index (χ4n) is 2.67. The van der Waals surface area contributed by atoms with Crippen molar-refractivity contribution in [3.63, 3.8) is 0 Å². The fraction of sp³-hybridized carbons (Fsp3) is 0.375. The lowest BCUT2D eigenvalue weighted by atomic mass is 10.2. The van der Waals surface area contributed by atoms with Crippen LogP contribution in [0.25, 0.3) is 0 Å². The summed E-state index contributed by atoms with van der Waals surface area (Å²) in [5, 5.41) is 12.1. The van der Waals surface area contributed by atoms with Gasteiger partial charge in [0.1, 0.15) is 12.4 Å². The molecule has 0 spiro atoms. The number of hydrogen-bond acceptors (Lipinski definition) is 5. The second kappa shape index (κ2) is 8.05. The molecule has 3 N–H and O–H groups in total. The van der Waals surface area contributed by atoms with Gasteiger partial charge in [0.05, 0.1) is 0 Å². The molecule has 0 bridgehead atoms. The van der Waals surface area contributed by atoms with E-state index in [2.05, 4.69) is 30.7 Å². The van der Waals surface area contributed by atoms with Gasteiger partial charge in [-0.15, -0.1) is 0 Å². The molecule has 3 rings (SSSR count). The summed E-state index contributed by atoms with van der Waals surface area (Å²) < 4.78 is 0. The third kappa shape index (κ3) is 4.42. The molecule has 2 heterocycles. The van der Waals surface area contributed by atoms with Crippen molar-refractivity contribution in [2.75, 3.05) is 36.4 Å². The number of anilines is 2. The van der Waals surface area contributed by atoms with Crippen LogP contribution in [-0.2, 0) is 4.79 Å². The van der Waals surface area contributed by atoms with Gasteiger partial charge >= 0.3 is 6.03 Å². The van der Waals surface area contributed by atoms with Crippen LogP contribution in [0.4, 0.5) is 16.4 Å². The quantitative estimate of drug-likeness (QED) is 0.745. The largest absolute Gasteiger partial charge is 0.368 e. The molecule has 3 amide bonds. The van der Waals surface area contributed by atoms with Crippen molar-refractivity contribution in [2.24, 2.45) is 0 Å². The first-order valence-corrected chi connectivity index (χ1v) is 8.63. The Morgan fingerprint density at radius 2 is 2.04 bits per heavy atom. The maximum absolute atomic E-state index is 12.4. The van der Waals surface area contributed by atoms with E-state index in [9.17, 15) is 9.59 Å². The van der Waals surface area contributed by atoms with Crippen molar-refractivity contribution in [3.8, 4) is 0 Å². The van der Waals surface area contributed by atoms with Gasteiger partial charge in [-0.1, -0.05) is 17.7 Å². The van der Waals surface area contributed by atoms with Gasteiger partial charge in [-0.25, -0.2) is 9.89 Å². The van der Waals surface area contributed by atoms with Gasteiger partial charge < -0.3 is 15.1 Å². The van der Waals surface area contributed by atoms with Crippen molar-refractivity contribution < 1.29 is 9.59 Å². The molecule has 0 radical (unpaired) electrons. The average Bonchev–Trinajstić information content (AvgIpc) is 3.14. The van der Waals surface area contributed by atoms with Crippen LogP contribution < -0.4 is 15.5 Å². The Balaban J connectivity index is 1.48. The van der Waals surface area contributed by atoms with Crippen LogP contribution in [-0.4, -0.2) is 64.2 Å². The van der Waals surface area contributed by atoms with Gasteiger partial charge in [0.2, 0.25) is 11.9 Å². The molecule has 2 aromatic rings. The molecule has 26 heavy (non-hydrogen) atoms. The summed E-state index contributed by atoms with van der Waals surface area (Å²) in [7, 11) is 0. The Bertz CT molecular complexity index is 760. The Hall–Kier alpha value is -2.81. The lowest BCUT2D eigenvalue weighted by molar-refractivity contribution is -0.117. The van der Waals surface area contributed by atoms with Crippen LogP contribution in [0, 0.1) is 0 Å². The van der Waals surface area contributed by atoms with Gasteiger partial charge in [-0.3, -0.25) is 10.1 Å². The lowest BCUT2D eigenvalue weighted by Crippen LogP contribution is -2.54. The summed E-state index contributed by atoms with van der Waals surface area (Å²) in [5.41, 5.74) is 1.04. The highest BCUT2D eigenvalue weighted by molar-refractivity contribution is 6.30. The SMILES string of the molecule is C[C@H](NC(=O)N1CCN(c2cccc(Cl)c2)CC1)C(=O)Nc1ncn[nH]1. The van der Waals surface area contributed by atoms with Crippen molar-refractivity contribution in [1.82, 2.24) is 25.4 Å². The molecule has 1 aromatic heterocycles. The van der Waals surface area contributed by atoms with E-state index in [-0.39, 0.29) is 17.9 Å². The zero-order chi connectivity index (χ0) is 18.5. The molecule has 0 saturated carbocycles. The Morgan fingerprint density at radius 1 is 1.27 bits per heavy atom. The van der Waals surface area contributed by atoms with E-state index in [1.165, 1.54) is 6.33 Å². The first kappa shape index (κ1) is 18.0. The first-order chi connectivity index (χ1) is 12.5. The molecule has 0 unspecified atom stereocenters. The number of halogens is 1. The van der Waals surface area contributed by atoms with Gasteiger partial charge in [0.25, 0.3) is 0 Å². The molecule has 138 valence electrons. The number of aromatic nitrogens is 3. The monoisotopic (exact) mass is 377 g/mol. The van der Waals surface area contributed by atoms with Crippen LogP contribution in [0.2, 0.25) is 5.02 Å². The first-order valence-electron chi connectivity index (χ1n) is 8.25. The van der Waals surface area contributed by atoms with E-state index < -0.39 is 6.04 Å². The maximum Gasteiger partial charge on any atom is 0.318 e. The molecule has 1 aliphatic heterocycles. The molecule has 1 saturated heterocycles. The fourth-order valence-corrected chi connectivity index (χ4v) is 2.86. The topological polar surface area (TPSA) is 106 Å². The number of carbonyl (C=O) groups is 2. The number of H-pyrrole nitrogens is 1. The minimum absolute atomic E-state index is 0.242. The molecule has 1 fully saturated rings. The highest BCUT2D eigenvalue weighted by atomic mass is 35.5. The molecule has 10 heteroatoms. The average molecular weight is 378 g/mol. The van der Waals surface area contributed by atoms with Crippen LogP contribution in [0.3, 0.4) is 0 Å². The Morgan fingerprint density at radius 3 is 2.69 bits per heavy atom. The van der Waals surface area contributed by atoms with Crippen molar-refractivity contribution in [3.05, 3.63) is 35.6 Å². The van der Waals surface area contributed by atoms with E-state index in [1.807, 2.05) is 24.3 Å². The van der Waals surface area contributed by atoms with Crippen molar-refractivity contribution >= 4 is 35.2 Å². The zero-order valence-electron chi connectivity index (χ0n) is 14.3. The predicted molar refractivity (Wildman–Crippen MR) is 98.2 cm³/mol. The number of nitrogens with zero attached hydrogens (tertiary/aromatic N) is 4. The molecule has 9 nitrogen and oxygen atoms in total.